The van der Waals surface area contributed by atoms with Crippen LogP contribution in [0.1, 0.15) is 30.9 Å². The van der Waals surface area contributed by atoms with Gasteiger partial charge in [-0.05, 0) is 31.4 Å². The number of likely N-dealkylation sites (N-methyl/N-ethyl adjacent to an activating group) is 1. The van der Waals surface area contributed by atoms with Crippen molar-refractivity contribution in [2.24, 2.45) is 0 Å². The number of methoxy groups -OCH3 is 1. The Balaban J connectivity index is 3.39. The summed E-state index contributed by atoms with van der Waals surface area (Å²) < 4.78 is 5.00. The number of carbonyl (C=O) groups excluding carboxylic acids is 2. The zero-order valence-corrected chi connectivity index (χ0v) is 14.1. The van der Waals surface area contributed by atoms with Crippen LogP contribution >= 0.6 is 0 Å². The van der Waals surface area contributed by atoms with Crippen molar-refractivity contribution >= 4 is 17.5 Å². The van der Waals surface area contributed by atoms with Gasteiger partial charge in [0.1, 0.15) is 12.6 Å². The van der Waals surface area contributed by atoms with Crippen LogP contribution in [0.25, 0.3) is 0 Å². The second-order valence-electron chi connectivity index (χ2n) is 5.36. The molecule has 0 aliphatic rings. The maximum atomic E-state index is 12.6. The lowest BCUT2D eigenvalue weighted by molar-refractivity contribution is -0.128. The summed E-state index contributed by atoms with van der Waals surface area (Å²) in [5.41, 5.74) is 2.73. The van der Waals surface area contributed by atoms with E-state index in [0.29, 0.717) is 6.42 Å². The van der Waals surface area contributed by atoms with E-state index in [1.165, 1.54) is 7.11 Å². The summed E-state index contributed by atoms with van der Waals surface area (Å²) in [5.74, 6) is -0.365. The van der Waals surface area contributed by atoms with E-state index >= 15 is 0 Å². The quantitative estimate of drug-likeness (QED) is 0.840. The maximum Gasteiger partial charge on any atom is 0.253 e. The van der Waals surface area contributed by atoms with Gasteiger partial charge < -0.3 is 10.1 Å². The molecule has 0 aliphatic carbocycles. The van der Waals surface area contributed by atoms with Crippen LogP contribution in [0.15, 0.2) is 18.2 Å². The minimum absolute atomic E-state index is 0.0506. The van der Waals surface area contributed by atoms with Crippen LogP contribution in [-0.4, -0.2) is 38.6 Å². The average Bonchev–Trinajstić information content (AvgIpc) is 2.48. The van der Waals surface area contributed by atoms with Crippen molar-refractivity contribution in [3.63, 3.8) is 0 Å². The van der Waals surface area contributed by atoms with Gasteiger partial charge in [-0.3, -0.25) is 14.5 Å². The number of aryl methyl sites for hydroxylation is 2. The first-order valence-electron chi connectivity index (χ1n) is 7.56. The Kier molecular flexibility index (Phi) is 7.05. The van der Waals surface area contributed by atoms with Crippen LogP contribution in [0, 0.1) is 13.8 Å². The van der Waals surface area contributed by atoms with Crippen LogP contribution in [0.4, 0.5) is 5.69 Å². The van der Waals surface area contributed by atoms with E-state index in [1.807, 2.05) is 39.0 Å². The zero-order valence-electron chi connectivity index (χ0n) is 14.1. The summed E-state index contributed by atoms with van der Waals surface area (Å²) in [4.78, 5) is 26.5. The lowest BCUT2D eigenvalue weighted by atomic mass is 10.0. The summed E-state index contributed by atoms with van der Waals surface area (Å²) in [5, 5.41) is 2.66. The minimum atomic E-state index is -0.530. The number of ether oxygens (including phenoxy) is 1. The third-order valence-corrected chi connectivity index (χ3v) is 3.64. The van der Waals surface area contributed by atoms with Crippen molar-refractivity contribution in [3.05, 3.63) is 29.3 Å². The molecule has 0 spiro atoms. The van der Waals surface area contributed by atoms with Crippen LogP contribution in [0.3, 0.4) is 0 Å². The first-order valence-corrected chi connectivity index (χ1v) is 7.56. The van der Waals surface area contributed by atoms with Crippen LogP contribution in [-0.2, 0) is 14.3 Å². The summed E-state index contributed by atoms with van der Waals surface area (Å²) >= 11 is 0. The normalized spacial score (nSPS) is 11.9. The molecule has 1 rings (SSSR count). The number of rotatable bonds is 7. The molecule has 0 heterocycles. The molecule has 0 bridgehead atoms. The molecular formula is C17H26N2O3. The predicted octanol–water partition coefficient (Wildman–Crippen LogP) is 2.20. The Hall–Kier alpha value is -1.88. The van der Waals surface area contributed by atoms with E-state index in [4.69, 9.17) is 4.74 Å². The fourth-order valence-electron chi connectivity index (χ4n) is 2.65. The van der Waals surface area contributed by atoms with Gasteiger partial charge in [0.25, 0.3) is 5.91 Å². The number of benzene rings is 1. The molecule has 2 amide bonds. The first kappa shape index (κ1) is 18.2. The smallest absolute Gasteiger partial charge is 0.253 e. The topological polar surface area (TPSA) is 58.6 Å². The molecule has 1 atom stereocenters. The molecule has 5 heteroatoms. The SMILES string of the molecule is CCCC(C(=O)NC)N(C(=O)COC)c1c(C)cccc1C. The molecule has 1 aromatic carbocycles. The van der Waals surface area contributed by atoms with Crippen LogP contribution < -0.4 is 10.2 Å². The number of para-hydroxylation sites is 1. The molecule has 0 aromatic heterocycles. The fourth-order valence-corrected chi connectivity index (χ4v) is 2.65. The molecule has 1 aromatic rings. The second kappa shape index (κ2) is 8.54. The summed E-state index contributed by atoms with van der Waals surface area (Å²) in [6.45, 7) is 5.84. The number of nitrogens with zero attached hydrogens (tertiary/aromatic N) is 1. The molecule has 0 saturated heterocycles. The zero-order chi connectivity index (χ0) is 16.7. The van der Waals surface area contributed by atoms with Crippen molar-refractivity contribution in [3.8, 4) is 0 Å². The molecule has 22 heavy (non-hydrogen) atoms. The van der Waals surface area contributed by atoms with E-state index in [0.717, 1.165) is 23.2 Å². The third-order valence-electron chi connectivity index (χ3n) is 3.64. The van der Waals surface area contributed by atoms with Crippen LogP contribution in [0.2, 0.25) is 0 Å². The number of carbonyl (C=O) groups is 2. The highest BCUT2D eigenvalue weighted by Crippen LogP contribution is 2.28. The Morgan fingerprint density at radius 1 is 1.27 bits per heavy atom. The van der Waals surface area contributed by atoms with Crippen molar-refractivity contribution in [2.45, 2.75) is 39.7 Å². The van der Waals surface area contributed by atoms with Gasteiger partial charge in [-0.15, -0.1) is 0 Å². The average molecular weight is 306 g/mol. The molecule has 1 unspecified atom stereocenters. The number of hydrogen-bond acceptors (Lipinski definition) is 3. The van der Waals surface area contributed by atoms with Gasteiger partial charge in [0, 0.05) is 14.2 Å². The standard InChI is InChI=1S/C17H26N2O3/c1-6-8-14(17(21)18-4)19(15(20)11-22-5)16-12(2)9-7-10-13(16)3/h7,9-10,14H,6,8,11H2,1-5H3,(H,18,21). The van der Waals surface area contributed by atoms with Crippen molar-refractivity contribution in [1.82, 2.24) is 5.32 Å². The summed E-state index contributed by atoms with van der Waals surface area (Å²) in [6, 6.07) is 5.31. The number of anilines is 1. The Labute approximate surface area is 132 Å². The second-order valence-corrected chi connectivity index (χ2v) is 5.36. The number of nitrogens with one attached hydrogen (secondary N) is 1. The van der Waals surface area contributed by atoms with Gasteiger partial charge in [-0.2, -0.15) is 0 Å². The van der Waals surface area contributed by atoms with Crippen LogP contribution in [0.5, 0.6) is 0 Å². The largest absolute Gasteiger partial charge is 0.375 e. The van der Waals surface area contributed by atoms with Gasteiger partial charge in [0.15, 0.2) is 0 Å². The molecule has 5 nitrogen and oxygen atoms in total. The van der Waals surface area contributed by atoms with E-state index < -0.39 is 6.04 Å². The third kappa shape index (κ3) is 4.07. The Bertz CT molecular complexity index is 508. The fraction of sp³-hybridized carbons (Fsp3) is 0.529. The van der Waals surface area contributed by atoms with E-state index in [1.54, 1.807) is 11.9 Å². The summed E-state index contributed by atoms with van der Waals surface area (Å²) in [7, 11) is 3.07. The molecular weight excluding hydrogens is 280 g/mol. The van der Waals surface area contributed by atoms with E-state index in [9.17, 15) is 9.59 Å². The summed E-state index contributed by atoms with van der Waals surface area (Å²) in [6.07, 6.45) is 1.41. The van der Waals surface area contributed by atoms with E-state index in [-0.39, 0.29) is 18.4 Å². The number of hydrogen-bond donors (Lipinski definition) is 1. The highest BCUT2D eigenvalue weighted by molar-refractivity contribution is 6.02. The monoisotopic (exact) mass is 306 g/mol. The lowest BCUT2D eigenvalue weighted by Crippen LogP contribution is -2.50. The molecule has 0 fully saturated rings. The maximum absolute atomic E-state index is 12.6. The minimum Gasteiger partial charge on any atom is -0.375 e. The molecule has 1 N–H and O–H groups in total. The highest BCUT2D eigenvalue weighted by Gasteiger charge is 2.31. The van der Waals surface area contributed by atoms with Gasteiger partial charge in [-0.25, -0.2) is 0 Å². The van der Waals surface area contributed by atoms with Gasteiger partial charge in [0.2, 0.25) is 5.91 Å². The molecule has 122 valence electrons. The first-order chi connectivity index (χ1) is 10.5. The van der Waals surface area contributed by atoms with Crippen molar-refractivity contribution in [2.75, 3.05) is 25.7 Å². The molecule has 0 aliphatic heterocycles. The number of amides is 2. The van der Waals surface area contributed by atoms with Gasteiger partial charge in [0.05, 0.1) is 5.69 Å². The van der Waals surface area contributed by atoms with Crippen molar-refractivity contribution in [1.29, 1.82) is 0 Å². The highest BCUT2D eigenvalue weighted by atomic mass is 16.5. The Morgan fingerprint density at radius 3 is 2.32 bits per heavy atom. The van der Waals surface area contributed by atoms with Crippen molar-refractivity contribution < 1.29 is 14.3 Å². The molecule has 0 saturated carbocycles. The molecule has 0 radical (unpaired) electrons. The Morgan fingerprint density at radius 2 is 1.86 bits per heavy atom. The predicted molar refractivity (Wildman–Crippen MR) is 88.0 cm³/mol. The van der Waals surface area contributed by atoms with Gasteiger partial charge in [-0.1, -0.05) is 31.5 Å². The lowest BCUT2D eigenvalue weighted by Gasteiger charge is -2.32. The van der Waals surface area contributed by atoms with Gasteiger partial charge >= 0.3 is 0 Å². The van der Waals surface area contributed by atoms with E-state index in [2.05, 4.69) is 5.32 Å².